The van der Waals surface area contributed by atoms with Crippen LogP contribution in [0, 0.1) is 0 Å². The van der Waals surface area contributed by atoms with Crippen molar-refractivity contribution in [3.8, 4) is 0 Å². The molecule has 0 spiro atoms. The number of carbonyl (C=O) groups is 2. The molecule has 2 unspecified atom stereocenters. The number of esters is 2. The van der Waals surface area contributed by atoms with Gasteiger partial charge >= 0.3 is 11.9 Å². The van der Waals surface area contributed by atoms with E-state index in [9.17, 15) is 24.2 Å². The Balaban J connectivity index is 4.56. The molecule has 0 amide bonds. The highest BCUT2D eigenvalue weighted by atomic mass is 31.2. The quantitative estimate of drug-likeness (QED) is 0.0161. The molecule has 0 saturated heterocycles. The summed E-state index contributed by atoms with van der Waals surface area (Å²) in [5.41, 5.74) is 0. The standard InChI is InChI=1S/C46H82NO9P/c1-6-8-10-12-14-16-17-18-19-20-21-23-25-29-34-38-46(50)56-44(42-55-57(51,52)54-40-39-47(3,4)5)41-53-45(49)37-33-30-26-28-32-36-43(48)35-31-27-24-22-15-13-11-9-7-2/h15,18-19,22,26-28,31-32,36,43-44,48H,6-14,16-17,20-21,23-25,29-30,33-35,37-42H2,1-5H3/b19-18-,22-15-,28-26+,31-27-,36-32-/t43?,44-/m1/s1. The van der Waals surface area contributed by atoms with E-state index < -0.39 is 38.6 Å². The number of likely N-dealkylation sites (N-methyl/N-ethyl adjacent to an activating group) is 1. The molecular weight excluding hydrogens is 741 g/mol. The molecule has 0 bridgehead atoms. The second kappa shape index (κ2) is 37.9. The molecule has 330 valence electrons. The van der Waals surface area contributed by atoms with Gasteiger partial charge in [0.25, 0.3) is 7.82 Å². The number of quaternary nitrogens is 1. The number of aliphatic hydroxyl groups excluding tert-OH is 1. The average Bonchev–Trinajstić information content (AvgIpc) is 3.15. The van der Waals surface area contributed by atoms with Crippen LogP contribution in [0.3, 0.4) is 0 Å². The molecule has 0 radical (unpaired) electrons. The van der Waals surface area contributed by atoms with Gasteiger partial charge in [0.15, 0.2) is 6.10 Å². The van der Waals surface area contributed by atoms with E-state index in [0.717, 1.165) is 51.4 Å². The summed E-state index contributed by atoms with van der Waals surface area (Å²) in [7, 11) is 1.08. The molecular formula is C46H82NO9P. The fourth-order valence-corrected chi connectivity index (χ4v) is 6.27. The van der Waals surface area contributed by atoms with Crippen molar-refractivity contribution in [2.75, 3.05) is 47.5 Å². The number of unbranched alkanes of at least 4 members (excludes halogenated alkanes) is 15. The van der Waals surface area contributed by atoms with Crippen LogP contribution in [0.2, 0.25) is 0 Å². The third-order valence-electron chi connectivity index (χ3n) is 9.09. The molecule has 0 aromatic carbocycles. The minimum absolute atomic E-state index is 0.0568. The van der Waals surface area contributed by atoms with Crippen LogP contribution in [-0.4, -0.2) is 81.2 Å². The van der Waals surface area contributed by atoms with Gasteiger partial charge in [-0.2, -0.15) is 0 Å². The molecule has 0 fully saturated rings. The van der Waals surface area contributed by atoms with Crippen molar-refractivity contribution in [1.82, 2.24) is 0 Å². The van der Waals surface area contributed by atoms with E-state index in [0.29, 0.717) is 36.7 Å². The summed E-state index contributed by atoms with van der Waals surface area (Å²) in [6.07, 6.45) is 41.3. The average molecular weight is 824 g/mol. The Hall–Kier alpha value is -2.33. The van der Waals surface area contributed by atoms with Crippen molar-refractivity contribution in [3.63, 3.8) is 0 Å². The number of ether oxygens (including phenoxy) is 2. The van der Waals surface area contributed by atoms with Gasteiger partial charge in [0, 0.05) is 12.8 Å². The monoisotopic (exact) mass is 824 g/mol. The molecule has 0 aromatic rings. The third kappa shape index (κ3) is 41.6. The summed E-state index contributed by atoms with van der Waals surface area (Å²) >= 11 is 0. The minimum Gasteiger partial charge on any atom is -0.756 e. The van der Waals surface area contributed by atoms with Crippen LogP contribution in [-0.2, 0) is 32.7 Å². The highest BCUT2D eigenvalue weighted by Crippen LogP contribution is 2.38. The zero-order valence-corrected chi connectivity index (χ0v) is 37.5. The van der Waals surface area contributed by atoms with E-state index >= 15 is 0 Å². The number of aliphatic hydroxyl groups is 1. The van der Waals surface area contributed by atoms with Gasteiger partial charge in [-0.1, -0.05) is 139 Å². The molecule has 0 heterocycles. The lowest BCUT2D eigenvalue weighted by Crippen LogP contribution is -2.37. The highest BCUT2D eigenvalue weighted by Gasteiger charge is 2.21. The Bertz CT molecular complexity index is 1170. The summed E-state index contributed by atoms with van der Waals surface area (Å²) < 4.78 is 33.7. The third-order valence-corrected chi connectivity index (χ3v) is 10.1. The van der Waals surface area contributed by atoms with E-state index in [-0.39, 0.29) is 26.1 Å². The Kier molecular flexibility index (Phi) is 36.4. The highest BCUT2D eigenvalue weighted by molar-refractivity contribution is 7.45. The molecule has 0 aromatic heterocycles. The summed E-state index contributed by atoms with van der Waals surface area (Å²) in [6.45, 7) is 4.00. The Morgan fingerprint density at radius 2 is 1.19 bits per heavy atom. The van der Waals surface area contributed by atoms with Gasteiger partial charge in [-0.05, 0) is 70.6 Å². The van der Waals surface area contributed by atoms with Crippen molar-refractivity contribution < 1.29 is 47.2 Å². The molecule has 0 aliphatic heterocycles. The second-order valence-corrected chi connectivity index (χ2v) is 17.3. The molecule has 0 aliphatic carbocycles. The molecule has 1 N–H and O–H groups in total. The van der Waals surface area contributed by atoms with Crippen molar-refractivity contribution in [3.05, 3.63) is 60.8 Å². The van der Waals surface area contributed by atoms with Gasteiger partial charge in [-0.15, -0.1) is 0 Å². The lowest BCUT2D eigenvalue weighted by molar-refractivity contribution is -0.870. The number of carbonyl (C=O) groups excluding carboxylic acids is 2. The van der Waals surface area contributed by atoms with Gasteiger partial charge in [0.1, 0.15) is 19.8 Å². The van der Waals surface area contributed by atoms with Crippen LogP contribution in [0.5, 0.6) is 0 Å². The topological polar surface area (TPSA) is 131 Å². The summed E-state index contributed by atoms with van der Waals surface area (Å²) in [5, 5.41) is 10.1. The predicted molar refractivity (Wildman–Crippen MR) is 232 cm³/mol. The van der Waals surface area contributed by atoms with Crippen LogP contribution >= 0.6 is 7.82 Å². The van der Waals surface area contributed by atoms with Gasteiger partial charge in [0.05, 0.1) is 33.9 Å². The van der Waals surface area contributed by atoms with Crippen LogP contribution in [0.1, 0.15) is 162 Å². The van der Waals surface area contributed by atoms with E-state index in [1.165, 1.54) is 57.8 Å². The minimum atomic E-state index is -4.66. The fourth-order valence-electron chi connectivity index (χ4n) is 5.54. The Labute approximate surface area is 348 Å². The SMILES string of the molecule is CCCCC/C=C\C/C=C\CC(O)/C=C\C=C\CCCC(=O)OC[C@H](COP(=O)([O-])OCC[N+](C)(C)C)OC(=O)CCCCCCC/C=C\CCCCCCCC. The van der Waals surface area contributed by atoms with Gasteiger partial charge in [-0.25, -0.2) is 0 Å². The number of hydrogen-bond donors (Lipinski definition) is 1. The molecule has 0 saturated carbocycles. The van der Waals surface area contributed by atoms with Crippen molar-refractivity contribution in [2.45, 2.75) is 174 Å². The van der Waals surface area contributed by atoms with E-state index in [4.69, 9.17) is 18.5 Å². The number of phosphoric acid groups is 1. The zero-order valence-electron chi connectivity index (χ0n) is 36.6. The lowest BCUT2D eigenvalue weighted by atomic mass is 10.1. The first kappa shape index (κ1) is 54.7. The first-order valence-corrected chi connectivity index (χ1v) is 23.6. The normalized spacial score (nSPS) is 14.7. The molecule has 10 nitrogen and oxygen atoms in total. The smallest absolute Gasteiger partial charge is 0.306 e. The maximum Gasteiger partial charge on any atom is 0.306 e. The Morgan fingerprint density at radius 1 is 0.649 bits per heavy atom. The van der Waals surface area contributed by atoms with Crippen molar-refractivity contribution in [1.29, 1.82) is 0 Å². The number of nitrogens with zero attached hydrogens (tertiary/aromatic N) is 1. The first-order valence-electron chi connectivity index (χ1n) is 22.1. The van der Waals surface area contributed by atoms with Gasteiger partial charge < -0.3 is 33.0 Å². The fraction of sp³-hybridized carbons (Fsp3) is 0.739. The maximum atomic E-state index is 12.7. The first-order chi connectivity index (χ1) is 27.4. The van der Waals surface area contributed by atoms with Gasteiger partial charge in [0.2, 0.25) is 0 Å². The molecule has 57 heavy (non-hydrogen) atoms. The predicted octanol–water partition coefficient (Wildman–Crippen LogP) is 10.8. The second-order valence-electron chi connectivity index (χ2n) is 15.9. The molecule has 0 aliphatic rings. The maximum absolute atomic E-state index is 12.7. The summed E-state index contributed by atoms with van der Waals surface area (Å²) in [5.74, 6) is -0.978. The molecule has 11 heteroatoms. The number of hydrogen-bond acceptors (Lipinski definition) is 9. The van der Waals surface area contributed by atoms with Crippen molar-refractivity contribution >= 4 is 19.8 Å². The van der Waals surface area contributed by atoms with E-state index in [1.807, 2.05) is 39.4 Å². The van der Waals surface area contributed by atoms with Gasteiger partial charge in [-0.3, -0.25) is 14.2 Å². The number of allylic oxidation sites excluding steroid dienone is 8. The van der Waals surface area contributed by atoms with Crippen LogP contribution < -0.4 is 4.89 Å². The van der Waals surface area contributed by atoms with E-state index in [2.05, 4.69) is 44.2 Å². The molecule has 3 atom stereocenters. The van der Waals surface area contributed by atoms with Crippen molar-refractivity contribution in [2.24, 2.45) is 0 Å². The number of phosphoric ester groups is 1. The zero-order chi connectivity index (χ0) is 42.3. The summed E-state index contributed by atoms with van der Waals surface area (Å²) in [4.78, 5) is 37.5. The Morgan fingerprint density at radius 3 is 1.86 bits per heavy atom. The summed E-state index contributed by atoms with van der Waals surface area (Å²) in [6, 6.07) is 0. The lowest BCUT2D eigenvalue weighted by Gasteiger charge is -2.28. The van der Waals surface area contributed by atoms with Crippen LogP contribution in [0.4, 0.5) is 0 Å². The largest absolute Gasteiger partial charge is 0.756 e. The van der Waals surface area contributed by atoms with Crippen LogP contribution in [0.25, 0.3) is 0 Å². The van der Waals surface area contributed by atoms with Crippen LogP contribution in [0.15, 0.2) is 60.8 Å². The van der Waals surface area contributed by atoms with E-state index in [1.54, 1.807) is 12.2 Å². The number of rotatable bonds is 39. The molecule has 0 rings (SSSR count).